The van der Waals surface area contributed by atoms with Crippen molar-refractivity contribution in [2.24, 2.45) is 11.8 Å². The molecule has 1 saturated carbocycles. The van der Waals surface area contributed by atoms with Gasteiger partial charge in [0, 0.05) is 27.5 Å². The maximum atomic E-state index is 11.8. The van der Waals surface area contributed by atoms with E-state index < -0.39 is 17.2 Å². The standard InChI is InChI=1S/C17H31NO9.W/c1-6-8-21-25-24-16(5)10-14(23-27-26-22-9-7-2)17(13(4)12(16)3)11-15(19)18(17)20;/h12-14,20H,6-11H2,1-5H3;/t12-,13+,14+,16+,17?;/m0./s1. The van der Waals surface area contributed by atoms with E-state index in [-0.39, 0.29) is 51.6 Å². The molecular formula is C17H31NO9W. The fourth-order valence-corrected chi connectivity index (χ4v) is 3.77. The number of β-lactam (4-membered cyclic amide) rings is 1. The smallest absolute Gasteiger partial charge is 0.249 e. The normalized spacial score (nSPS) is 35.0. The Morgan fingerprint density at radius 1 is 1.07 bits per heavy atom. The van der Waals surface area contributed by atoms with Crippen molar-refractivity contribution in [1.29, 1.82) is 0 Å². The molecule has 10 nitrogen and oxygen atoms in total. The topological polar surface area (TPSA) is 105 Å². The number of carbonyl (C=O) groups excluding carboxylic acids is 1. The van der Waals surface area contributed by atoms with Gasteiger partial charge in [-0.3, -0.25) is 10.0 Å². The number of carbonyl (C=O) groups is 1. The van der Waals surface area contributed by atoms with E-state index in [0.29, 0.717) is 13.2 Å². The fraction of sp³-hybridized carbons (Fsp3) is 0.941. The zero-order valence-corrected chi connectivity index (χ0v) is 20.0. The molecule has 11 heteroatoms. The van der Waals surface area contributed by atoms with Crippen molar-refractivity contribution in [1.82, 2.24) is 5.06 Å². The van der Waals surface area contributed by atoms with Crippen LogP contribution in [0.25, 0.3) is 0 Å². The molecule has 0 aromatic rings. The first-order valence-electron chi connectivity index (χ1n) is 9.44. The van der Waals surface area contributed by atoms with Gasteiger partial charge in [0.05, 0.1) is 19.6 Å². The van der Waals surface area contributed by atoms with Gasteiger partial charge < -0.3 is 0 Å². The molecule has 5 atom stereocenters. The Bertz CT molecular complexity index is 499. The van der Waals surface area contributed by atoms with Gasteiger partial charge >= 0.3 is 0 Å². The van der Waals surface area contributed by atoms with Crippen LogP contribution in [0.5, 0.6) is 0 Å². The summed E-state index contributed by atoms with van der Waals surface area (Å²) >= 11 is 0. The van der Waals surface area contributed by atoms with Crippen molar-refractivity contribution in [2.45, 2.75) is 77.5 Å². The summed E-state index contributed by atoms with van der Waals surface area (Å²) in [5.41, 5.74) is -1.76. The van der Waals surface area contributed by atoms with Crippen LogP contribution in [0.4, 0.5) is 0 Å². The molecule has 1 amide bonds. The molecule has 2 aliphatic rings. The molecule has 1 saturated heterocycles. The van der Waals surface area contributed by atoms with E-state index in [9.17, 15) is 10.0 Å². The van der Waals surface area contributed by atoms with E-state index in [4.69, 9.17) is 29.6 Å². The van der Waals surface area contributed by atoms with E-state index >= 15 is 0 Å². The molecule has 1 heterocycles. The second-order valence-electron chi connectivity index (χ2n) is 7.48. The Balaban J connectivity index is 0.00000392. The van der Waals surface area contributed by atoms with Crippen LogP contribution in [-0.2, 0) is 60.5 Å². The molecule has 0 aromatic carbocycles. The third kappa shape index (κ3) is 5.11. The zero-order valence-electron chi connectivity index (χ0n) is 17.0. The van der Waals surface area contributed by atoms with Crippen LogP contribution in [-0.4, -0.2) is 46.6 Å². The van der Waals surface area contributed by atoms with Crippen molar-refractivity contribution in [2.75, 3.05) is 13.2 Å². The molecule has 0 aromatic heterocycles. The molecule has 1 unspecified atom stereocenters. The largest absolute Gasteiger partial charge is 0.285 e. The fourth-order valence-electron chi connectivity index (χ4n) is 3.77. The first kappa shape index (κ1) is 25.9. The number of hydrogen-bond acceptors (Lipinski definition) is 9. The summed E-state index contributed by atoms with van der Waals surface area (Å²) in [4.78, 5) is 32.4. The van der Waals surface area contributed by atoms with Gasteiger partial charge in [0.2, 0.25) is 5.91 Å². The number of hydroxylamine groups is 2. The Morgan fingerprint density at radius 3 is 2.21 bits per heavy atom. The van der Waals surface area contributed by atoms with Gasteiger partial charge in [-0.15, -0.1) is 0 Å². The molecule has 28 heavy (non-hydrogen) atoms. The van der Waals surface area contributed by atoms with E-state index in [0.717, 1.165) is 17.9 Å². The molecule has 164 valence electrons. The van der Waals surface area contributed by atoms with Crippen molar-refractivity contribution in [3.05, 3.63) is 0 Å². The van der Waals surface area contributed by atoms with Gasteiger partial charge in [-0.05, 0) is 41.7 Å². The number of hydrogen-bond donors (Lipinski definition) is 1. The molecule has 1 aliphatic carbocycles. The monoisotopic (exact) mass is 577 g/mol. The first-order valence-corrected chi connectivity index (χ1v) is 9.44. The first-order chi connectivity index (χ1) is 12.8. The zero-order chi connectivity index (χ0) is 20.1. The average molecular weight is 577 g/mol. The van der Waals surface area contributed by atoms with Crippen LogP contribution in [0.15, 0.2) is 0 Å². The number of nitrogens with zero attached hydrogens (tertiary/aromatic N) is 1. The van der Waals surface area contributed by atoms with E-state index in [1.807, 2.05) is 34.6 Å². The third-order valence-corrected chi connectivity index (χ3v) is 5.79. The maximum Gasteiger partial charge on any atom is 0.249 e. The van der Waals surface area contributed by atoms with Crippen LogP contribution in [0.1, 0.15) is 60.3 Å². The average Bonchev–Trinajstić information content (AvgIpc) is 2.66. The summed E-state index contributed by atoms with van der Waals surface area (Å²) in [6, 6.07) is 0. The molecule has 1 N–H and O–H groups in total. The SMILES string of the molecule is CCCOOOO[C@@H]1C[C@@](C)(OOOCCC)[C@@H](C)[C@@H](C)C12CC(=O)N2O.[W]. The second-order valence-corrected chi connectivity index (χ2v) is 7.48. The minimum Gasteiger partial charge on any atom is -0.285 e. The molecule has 2 fully saturated rings. The van der Waals surface area contributed by atoms with Gasteiger partial charge in [0.15, 0.2) is 0 Å². The molecule has 1 aliphatic heterocycles. The summed E-state index contributed by atoms with van der Waals surface area (Å²) in [5.74, 6) is -0.667. The van der Waals surface area contributed by atoms with Crippen molar-refractivity contribution < 1.29 is 65.7 Å². The van der Waals surface area contributed by atoms with Crippen LogP contribution in [0.2, 0.25) is 0 Å². The minimum absolute atomic E-state index is 0. The van der Waals surface area contributed by atoms with Crippen molar-refractivity contribution in [3.8, 4) is 0 Å². The molecule has 1 spiro atoms. The Hall–Kier alpha value is -0.162. The van der Waals surface area contributed by atoms with Crippen LogP contribution in [0.3, 0.4) is 0 Å². The van der Waals surface area contributed by atoms with E-state index in [1.165, 1.54) is 0 Å². The van der Waals surface area contributed by atoms with Gasteiger partial charge in [-0.2, -0.15) is 9.78 Å². The second kappa shape index (κ2) is 11.3. The van der Waals surface area contributed by atoms with Gasteiger partial charge in [0.25, 0.3) is 0 Å². The van der Waals surface area contributed by atoms with Crippen molar-refractivity contribution >= 4 is 5.91 Å². The predicted molar refractivity (Wildman–Crippen MR) is 89.0 cm³/mol. The summed E-state index contributed by atoms with van der Waals surface area (Å²) < 4.78 is 0. The van der Waals surface area contributed by atoms with Gasteiger partial charge in [-0.25, -0.2) is 14.8 Å². The van der Waals surface area contributed by atoms with Crippen LogP contribution < -0.4 is 0 Å². The summed E-state index contributed by atoms with van der Waals surface area (Å²) in [7, 11) is 0. The van der Waals surface area contributed by atoms with Crippen LogP contribution in [0, 0.1) is 11.8 Å². The molecular weight excluding hydrogens is 546 g/mol. The third-order valence-electron chi connectivity index (χ3n) is 5.79. The summed E-state index contributed by atoms with van der Waals surface area (Å²) in [6.07, 6.45) is 1.17. The van der Waals surface area contributed by atoms with Gasteiger partial charge in [0.1, 0.15) is 17.2 Å². The van der Waals surface area contributed by atoms with Gasteiger partial charge in [-0.1, -0.05) is 32.7 Å². The quantitative estimate of drug-likeness (QED) is 0.131. The minimum atomic E-state index is -0.947. The Labute approximate surface area is 179 Å². The van der Waals surface area contributed by atoms with Crippen LogP contribution >= 0.6 is 0 Å². The number of amides is 1. The summed E-state index contributed by atoms with van der Waals surface area (Å²) in [6.45, 7) is 10.3. The van der Waals surface area contributed by atoms with E-state index in [2.05, 4.69) is 5.04 Å². The molecule has 0 radical (unpaired) electrons. The molecule has 0 bridgehead atoms. The molecule has 2 rings (SSSR count). The maximum absolute atomic E-state index is 11.8. The van der Waals surface area contributed by atoms with Crippen molar-refractivity contribution in [3.63, 3.8) is 0 Å². The number of rotatable bonds is 11. The predicted octanol–water partition coefficient (Wildman–Crippen LogP) is 2.66. The Morgan fingerprint density at radius 2 is 1.68 bits per heavy atom. The Kier molecular flexibility index (Phi) is 10.4. The summed E-state index contributed by atoms with van der Waals surface area (Å²) in [5, 5.41) is 25.2. The van der Waals surface area contributed by atoms with E-state index in [1.54, 1.807) is 0 Å².